The van der Waals surface area contributed by atoms with Gasteiger partial charge in [-0.3, -0.25) is 4.79 Å². The number of hydrogen-bond donors (Lipinski definition) is 0. The topological polar surface area (TPSA) is 66.9 Å². The quantitative estimate of drug-likeness (QED) is 0.679. The third-order valence-electron chi connectivity index (χ3n) is 5.97. The molecule has 4 rings (SSSR count). The van der Waals surface area contributed by atoms with Gasteiger partial charge in [-0.1, -0.05) is 30.3 Å². The van der Waals surface area contributed by atoms with Gasteiger partial charge in [0.1, 0.15) is 5.75 Å². The number of nitrogens with zero attached hydrogens (tertiary/aromatic N) is 2. The van der Waals surface area contributed by atoms with Crippen molar-refractivity contribution in [3.63, 3.8) is 0 Å². The summed E-state index contributed by atoms with van der Waals surface area (Å²) in [6.07, 6.45) is 3.24. The lowest BCUT2D eigenvalue weighted by Crippen LogP contribution is -2.44. The molecule has 2 aromatic rings. The molecule has 6 nitrogen and oxygen atoms in total. The maximum Gasteiger partial charge on any atom is 0.243 e. The molecule has 0 atom stereocenters. The molecule has 1 aliphatic carbocycles. The van der Waals surface area contributed by atoms with Crippen LogP contribution in [-0.4, -0.2) is 49.8 Å². The van der Waals surface area contributed by atoms with Crippen LogP contribution in [0, 0.1) is 5.92 Å². The molecule has 0 spiro atoms. The molecule has 0 N–H and O–H groups in total. The molecule has 2 fully saturated rings. The van der Waals surface area contributed by atoms with Gasteiger partial charge in [-0.05, 0) is 55.5 Å². The SMILES string of the molecule is COc1ccc(S(=O)(=O)N2CCC(C(=O)N(Cc3ccccc3)C3CC3)CC2)cc1. The van der Waals surface area contributed by atoms with Crippen LogP contribution in [0.1, 0.15) is 31.2 Å². The molecule has 1 amide bonds. The average Bonchev–Trinajstić information content (AvgIpc) is 3.63. The summed E-state index contributed by atoms with van der Waals surface area (Å²) < 4.78 is 32.5. The van der Waals surface area contributed by atoms with E-state index in [9.17, 15) is 13.2 Å². The highest BCUT2D eigenvalue weighted by atomic mass is 32.2. The second-order valence-corrected chi connectivity index (χ2v) is 9.97. The number of sulfonamides is 1. The van der Waals surface area contributed by atoms with Crippen LogP contribution in [0.15, 0.2) is 59.5 Å². The van der Waals surface area contributed by atoms with Gasteiger partial charge in [-0.2, -0.15) is 4.31 Å². The van der Waals surface area contributed by atoms with Gasteiger partial charge in [0.2, 0.25) is 15.9 Å². The molecular formula is C23H28N2O4S. The number of ether oxygens (including phenoxy) is 1. The van der Waals surface area contributed by atoms with Crippen molar-refractivity contribution in [1.82, 2.24) is 9.21 Å². The van der Waals surface area contributed by atoms with Crippen LogP contribution in [0.5, 0.6) is 5.75 Å². The number of piperidine rings is 1. The van der Waals surface area contributed by atoms with Crippen LogP contribution < -0.4 is 4.74 Å². The maximum absolute atomic E-state index is 13.2. The summed E-state index contributed by atoms with van der Waals surface area (Å²) in [6, 6.07) is 16.8. The number of amides is 1. The van der Waals surface area contributed by atoms with Crippen molar-refractivity contribution in [3.05, 3.63) is 60.2 Å². The Hall–Kier alpha value is -2.38. The van der Waals surface area contributed by atoms with E-state index in [4.69, 9.17) is 4.74 Å². The molecule has 30 heavy (non-hydrogen) atoms. The van der Waals surface area contributed by atoms with Gasteiger partial charge in [-0.25, -0.2) is 8.42 Å². The van der Waals surface area contributed by atoms with E-state index in [1.165, 1.54) is 4.31 Å². The molecule has 1 saturated heterocycles. The highest BCUT2D eigenvalue weighted by Crippen LogP contribution is 2.32. The Kier molecular flexibility index (Phi) is 6.11. The van der Waals surface area contributed by atoms with Crippen molar-refractivity contribution in [2.24, 2.45) is 5.92 Å². The molecule has 0 bridgehead atoms. The molecule has 7 heteroatoms. The van der Waals surface area contributed by atoms with Gasteiger partial charge in [0.05, 0.1) is 12.0 Å². The summed E-state index contributed by atoms with van der Waals surface area (Å²) in [7, 11) is -2.01. The number of carbonyl (C=O) groups excluding carboxylic acids is 1. The molecule has 2 aromatic carbocycles. The van der Waals surface area contributed by atoms with Gasteiger partial charge < -0.3 is 9.64 Å². The zero-order chi connectivity index (χ0) is 21.1. The zero-order valence-corrected chi connectivity index (χ0v) is 18.1. The van der Waals surface area contributed by atoms with Crippen molar-refractivity contribution >= 4 is 15.9 Å². The molecule has 0 radical (unpaired) electrons. The molecule has 160 valence electrons. The van der Waals surface area contributed by atoms with E-state index >= 15 is 0 Å². The first-order valence-corrected chi connectivity index (χ1v) is 11.9. The van der Waals surface area contributed by atoms with Crippen molar-refractivity contribution in [2.75, 3.05) is 20.2 Å². The third kappa shape index (κ3) is 4.52. The smallest absolute Gasteiger partial charge is 0.243 e. The van der Waals surface area contributed by atoms with Crippen LogP contribution >= 0.6 is 0 Å². The molecule has 1 heterocycles. The van der Waals surface area contributed by atoms with E-state index in [0.717, 1.165) is 18.4 Å². The van der Waals surface area contributed by atoms with Crippen molar-refractivity contribution in [2.45, 2.75) is 43.2 Å². The molecule has 0 aromatic heterocycles. The molecule has 2 aliphatic rings. The summed E-state index contributed by atoms with van der Waals surface area (Å²) >= 11 is 0. The monoisotopic (exact) mass is 428 g/mol. The molecule has 1 aliphatic heterocycles. The van der Waals surface area contributed by atoms with Crippen LogP contribution in [0.3, 0.4) is 0 Å². The number of methoxy groups -OCH3 is 1. The Morgan fingerprint density at radius 3 is 2.20 bits per heavy atom. The van der Waals surface area contributed by atoms with E-state index < -0.39 is 10.0 Å². The second kappa shape index (κ2) is 8.78. The second-order valence-electron chi connectivity index (χ2n) is 8.04. The molecular weight excluding hydrogens is 400 g/mol. The van der Waals surface area contributed by atoms with Crippen LogP contribution in [0.2, 0.25) is 0 Å². The van der Waals surface area contributed by atoms with E-state index in [-0.39, 0.29) is 16.7 Å². The summed E-state index contributed by atoms with van der Waals surface area (Å²) in [5.41, 5.74) is 1.14. The predicted octanol–water partition coefficient (Wildman–Crippen LogP) is 3.29. The lowest BCUT2D eigenvalue weighted by Gasteiger charge is -2.34. The minimum Gasteiger partial charge on any atom is -0.497 e. The van der Waals surface area contributed by atoms with E-state index in [0.29, 0.717) is 44.3 Å². The summed E-state index contributed by atoms with van der Waals surface area (Å²) in [5, 5.41) is 0. The number of carbonyl (C=O) groups is 1. The zero-order valence-electron chi connectivity index (χ0n) is 17.2. The Labute approximate surface area is 178 Å². The van der Waals surface area contributed by atoms with Crippen LogP contribution in [0.25, 0.3) is 0 Å². The number of rotatable bonds is 7. The largest absolute Gasteiger partial charge is 0.497 e. The van der Waals surface area contributed by atoms with Gasteiger partial charge >= 0.3 is 0 Å². The van der Waals surface area contributed by atoms with E-state index in [2.05, 4.69) is 0 Å². The van der Waals surface area contributed by atoms with Gasteiger partial charge in [0.25, 0.3) is 0 Å². The average molecular weight is 429 g/mol. The van der Waals surface area contributed by atoms with E-state index in [1.54, 1.807) is 31.4 Å². The first kappa shape index (κ1) is 20.9. The van der Waals surface area contributed by atoms with Crippen molar-refractivity contribution in [1.29, 1.82) is 0 Å². The predicted molar refractivity (Wildman–Crippen MR) is 114 cm³/mol. The van der Waals surface area contributed by atoms with Crippen molar-refractivity contribution < 1.29 is 17.9 Å². The normalized spacial score (nSPS) is 18.2. The third-order valence-corrected chi connectivity index (χ3v) is 7.88. The molecule has 1 saturated carbocycles. The lowest BCUT2D eigenvalue weighted by molar-refractivity contribution is -0.138. The first-order valence-electron chi connectivity index (χ1n) is 10.5. The summed E-state index contributed by atoms with van der Waals surface area (Å²) in [4.78, 5) is 15.5. The first-order chi connectivity index (χ1) is 14.5. The number of hydrogen-bond acceptors (Lipinski definition) is 4. The van der Waals surface area contributed by atoms with E-state index in [1.807, 2.05) is 35.2 Å². The van der Waals surface area contributed by atoms with Crippen molar-refractivity contribution in [3.8, 4) is 5.75 Å². The standard InChI is InChI=1S/C23H28N2O4S/c1-29-21-9-11-22(12-10-21)30(27,28)24-15-13-19(14-16-24)23(26)25(20-7-8-20)17-18-5-3-2-4-6-18/h2-6,9-12,19-20H,7-8,13-17H2,1H3. The minimum absolute atomic E-state index is 0.114. The lowest BCUT2D eigenvalue weighted by atomic mass is 9.96. The van der Waals surface area contributed by atoms with Gasteiger partial charge in [0.15, 0.2) is 0 Å². The minimum atomic E-state index is -3.56. The van der Waals surface area contributed by atoms with Crippen LogP contribution in [0.4, 0.5) is 0 Å². The summed E-state index contributed by atoms with van der Waals surface area (Å²) in [6.45, 7) is 1.37. The fourth-order valence-corrected chi connectivity index (χ4v) is 5.50. The Bertz CT molecular complexity index is 964. The Morgan fingerprint density at radius 1 is 1.00 bits per heavy atom. The highest BCUT2D eigenvalue weighted by molar-refractivity contribution is 7.89. The summed E-state index contributed by atoms with van der Waals surface area (Å²) in [5.74, 6) is 0.677. The number of benzene rings is 2. The van der Waals surface area contributed by atoms with Gasteiger partial charge in [-0.15, -0.1) is 0 Å². The van der Waals surface area contributed by atoms with Gasteiger partial charge in [0, 0.05) is 31.6 Å². The fraction of sp³-hybridized carbons (Fsp3) is 0.435. The fourth-order valence-electron chi connectivity index (χ4n) is 4.03. The highest BCUT2D eigenvalue weighted by Gasteiger charge is 2.38. The van der Waals surface area contributed by atoms with Crippen LogP contribution in [-0.2, 0) is 21.4 Å². The Balaban J connectivity index is 1.39. The maximum atomic E-state index is 13.2. The Morgan fingerprint density at radius 2 is 1.63 bits per heavy atom. The molecule has 0 unspecified atom stereocenters.